The third kappa shape index (κ3) is 4.91. The molecule has 1 aromatic carbocycles. The van der Waals surface area contributed by atoms with E-state index in [0.29, 0.717) is 32.0 Å². The lowest BCUT2D eigenvalue weighted by Gasteiger charge is -2.41. The van der Waals surface area contributed by atoms with Crippen molar-refractivity contribution in [2.24, 2.45) is 0 Å². The minimum Gasteiger partial charge on any atom is -0.339 e. The third-order valence-electron chi connectivity index (χ3n) is 5.36. The first-order valence-electron chi connectivity index (χ1n) is 9.73. The van der Waals surface area contributed by atoms with Crippen LogP contribution in [0.2, 0.25) is 0 Å². The van der Waals surface area contributed by atoms with Gasteiger partial charge in [0.05, 0.1) is 6.54 Å². The summed E-state index contributed by atoms with van der Waals surface area (Å²) in [5.74, 6) is 0.585. The molecule has 0 bridgehead atoms. The Kier molecular flexibility index (Phi) is 6.81. The molecular formula is C19H26ClN7O2. The summed E-state index contributed by atoms with van der Waals surface area (Å²) in [4.78, 5) is 30.0. The highest BCUT2D eigenvalue weighted by molar-refractivity contribution is 5.85. The number of piperazine rings is 1. The number of amides is 2. The molecule has 10 heteroatoms. The number of piperidine rings is 1. The fraction of sp³-hybridized carbons (Fsp3) is 0.526. The van der Waals surface area contributed by atoms with Crippen LogP contribution in [-0.2, 0) is 16.1 Å². The number of tetrazole rings is 1. The van der Waals surface area contributed by atoms with Gasteiger partial charge in [-0.3, -0.25) is 9.59 Å². The van der Waals surface area contributed by atoms with Gasteiger partial charge in [0.25, 0.3) is 0 Å². The van der Waals surface area contributed by atoms with Crippen molar-refractivity contribution in [1.82, 2.24) is 35.3 Å². The minimum absolute atomic E-state index is 0. The van der Waals surface area contributed by atoms with Crippen molar-refractivity contribution in [2.45, 2.75) is 32.4 Å². The molecule has 1 N–H and O–H groups in total. The first-order chi connectivity index (χ1) is 13.6. The fourth-order valence-corrected chi connectivity index (χ4v) is 3.79. The number of rotatable bonds is 4. The van der Waals surface area contributed by atoms with E-state index in [0.717, 1.165) is 30.5 Å². The molecule has 0 aliphatic carbocycles. The number of nitrogens with zero attached hydrogens (tertiary/aromatic N) is 6. The van der Waals surface area contributed by atoms with Gasteiger partial charge in [-0.15, -0.1) is 22.6 Å². The molecule has 0 saturated carbocycles. The van der Waals surface area contributed by atoms with Crippen LogP contribution < -0.4 is 5.32 Å². The highest BCUT2D eigenvalue weighted by Crippen LogP contribution is 2.18. The maximum Gasteiger partial charge on any atom is 0.246 e. The molecule has 1 aromatic heterocycles. The number of aryl methyl sites for hydroxylation is 1. The zero-order valence-electron chi connectivity index (χ0n) is 16.5. The number of halogens is 1. The zero-order chi connectivity index (χ0) is 19.5. The van der Waals surface area contributed by atoms with E-state index in [1.807, 2.05) is 41.0 Å². The second kappa shape index (κ2) is 9.32. The number of nitrogens with one attached hydrogen (secondary N) is 1. The molecule has 156 valence electrons. The molecule has 0 spiro atoms. The van der Waals surface area contributed by atoms with E-state index in [-0.39, 0.29) is 36.8 Å². The van der Waals surface area contributed by atoms with Crippen molar-refractivity contribution in [1.29, 1.82) is 0 Å². The fourth-order valence-electron chi connectivity index (χ4n) is 3.79. The molecule has 1 unspecified atom stereocenters. The summed E-state index contributed by atoms with van der Waals surface area (Å²) in [6.07, 6.45) is 1.84. The number of aromatic nitrogens is 4. The van der Waals surface area contributed by atoms with Gasteiger partial charge >= 0.3 is 0 Å². The summed E-state index contributed by atoms with van der Waals surface area (Å²) in [5, 5.41) is 15.5. The molecule has 1 atom stereocenters. The van der Waals surface area contributed by atoms with Gasteiger partial charge in [-0.25, -0.2) is 0 Å². The lowest BCUT2D eigenvalue weighted by Crippen LogP contribution is -2.57. The Bertz CT molecular complexity index is 854. The summed E-state index contributed by atoms with van der Waals surface area (Å²) in [7, 11) is 0. The molecule has 2 aliphatic heterocycles. The lowest BCUT2D eigenvalue weighted by atomic mass is 10.0. The van der Waals surface area contributed by atoms with Crippen LogP contribution in [0, 0.1) is 6.92 Å². The first-order valence-corrected chi connectivity index (χ1v) is 9.73. The molecule has 3 heterocycles. The quantitative estimate of drug-likeness (QED) is 0.774. The Labute approximate surface area is 175 Å². The summed E-state index contributed by atoms with van der Waals surface area (Å²) < 4.78 is 0. The van der Waals surface area contributed by atoms with Crippen LogP contribution in [0.5, 0.6) is 0 Å². The summed E-state index contributed by atoms with van der Waals surface area (Å²) >= 11 is 0. The van der Waals surface area contributed by atoms with Crippen LogP contribution in [0.15, 0.2) is 24.3 Å². The predicted octanol–water partition coefficient (Wildman–Crippen LogP) is 0.493. The monoisotopic (exact) mass is 419 g/mol. The largest absolute Gasteiger partial charge is 0.339 e. The molecule has 2 amide bonds. The first kappa shape index (κ1) is 21.2. The number of carbonyl (C=O) groups is 2. The van der Waals surface area contributed by atoms with E-state index in [9.17, 15) is 9.59 Å². The summed E-state index contributed by atoms with van der Waals surface area (Å²) in [6, 6.07) is 7.97. The van der Waals surface area contributed by atoms with E-state index >= 15 is 0 Å². The zero-order valence-corrected chi connectivity index (χ0v) is 17.3. The minimum atomic E-state index is -0.0415. The molecule has 2 aliphatic rings. The van der Waals surface area contributed by atoms with Crippen LogP contribution in [0.1, 0.15) is 18.4 Å². The number of carbonyl (C=O) groups excluding carboxylic acids is 2. The number of hydrogen-bond acceptors (Lipinski definition) is 6. The molecule has 29 heavy (non-hydrogen) atoms. The average molecular weight is 420 g/mol. The Balaban J connectivity index is 0.00000240. The molecule has 9 nitrogen and oxygen atoms in total. The molecule has 2 fully saturated rings. The van der Waals surface area contributed by atoms with Crippen molar-refractivity contribution < 1.29 is 9.59 Å². The van der Waals surface area contributed by atoms with Crippen molar-refractivity contribution in [3.63, 3.8) is 0 Å². The van der Waals surface area contributed by atoms with Crippen molar-refractivity contribution in [3.8, 4) is 11.4 Å². The van der Waals surface area contributed by atoms with Crippen molar-refractivity contribution >= 4 is 24.2 Å². The van der Waals surface area contributed by atoms with Gasteiger partial charge in [-0.2, -0.15) is 4.80 Å². The predicted molar refractivity (Wildman–Crippen MR) is 109 cm³/mol. The average Bonchev–Trinajstić information content (AvgIpc) is 3.17. The van der Waals surface area contributed by atoms with Gasteiger partial charge in [0.1, 0.15) is 6.54 Å². The molecule has 2 aromatic rings. The van der Waals surface area contributed by atoms with E-state index in [2.05, 4.69) is 20.7 Å². The molecule has 2 saturated heterocycles. The molecule has 0 radical (unpaired) electrons. The van der Waals surface area contributed by atoms with E-state index in [1.165, 1.54) is 4.80 Å². The topological polar surface area (TPSA) is 96.3 Å². The SMILES string of the molecule is Cc1ccc(-c2nnn(CC(=O)N3CCCC(N4CCNCC4=O)C3)n2)cc1.Cl. The van der Waals surface area contributed by atoms with Gasteiger partial charge in [0.2, 0.25) is 17.6 Å². The summed E-state index contributed by atoms with van der Waals surface area (Å²) in [6.45, 7) is 5.25. The van der Waals surface area contributed by atoms with Crippen LogP contribution in [-0.4, -0.2) is 80.6 Å². The van der Waals surface area contributed by atoms with Crippen LogP contribution in [0.3, 0.4) is 0 Å². The second-order valence-electron chi connectivity index (χ2n) is 7.41. The molecular weight excluding hydrogens is 394 g/mol. The van der Waals surface area contributed by atoms with Gasteiger partial charge in [-0.05, 0) is 25.0 Å². The van der Waals surface area contributed by atoms with E-state index < -0.39 is 0 Å². The van der Waals surface area contributed by atoms with Crippen LogP contribution in [0.4, 0.5) is 0 Å². The Morgan fingerprint density at radius 1 is 1.24 bits per heavy atom. The maximum atomic E-state index is 12.7. The van der Waals surface area contributed by atoms with Gasteiger partial charge in [0.15, 0.2) is 0 Å². The van der Waals surface area contributed by atoms with Gasteiger partial charge in [0, 0.05) is 37.8 Å². The number of hydrogen-bond donors (Lipinski definition) is 1. The van der Waals surface area contributed by atoms with E-state index in [4.69, 9.17) is 0 Å². The number of likely N-dealkylation sites (tertiary alicyclic amines) is 1. The maximum absolute atomic E-state index is 12.7. The highest BCUT2D eigenvalue weighted by Gasteiger charge is 2.31. The Morgan fingerprint density at radius 3 is 2.79 bits per heavy atom. The van der Waals surface area contributed by atoms with Gasteiger partial charge < -0.3 is 15.1 Å². The standard InChI is InChI=1S/C19H25N7O2.ClH/c1-14-4-6-15(7-5-14)19-21-23-26(22-19)13-18(28)24-9-2-3-16(12-24)25-10-8-20-11-17(25)27;/h4-7,16,20H,2-3,8-13H2,1H3;1H. The smallest absolute Gasteiger partial charge is 0.246 e. The normalized spacial score (nSPS) is 19.8. The lowest BCUT2D eigenvalue weighted by molar-refractivity contribution is -0.141. The highest BCUT2D eigenvalue weighted by atomic mass is 35.5. The Hall–Kier alpha value is -2.52. The Morgan fingerprint density at radius 2 is 2.03 bits per heavy atom. The second-order valence-corrected chi connectivity index (χ2v) is 7.41. The third-order valence-corrected chi connectivity index (χ3v) is 5.36. The van der Waals surface area contributed by atoms with Crippen LogP contribution in [0.25, 0.3) is 11.4 Å². The van der Waals surface area contributed by atoms with Crippen LogP contribution >= 0.6 is 12.4 Å². The van der Waals surface area contributed by atoms with E-state index in [1.54, 1.807) is 0 Å². The van der Waals surface area contributed by atoms with Gasteiger partial charge in [-0.1, -0.05) is 29.8 Å². The number of benzene rings is 1. The van der Waals surface area contributed by atoms with Crippen molar-refractivity contribution in [2.75, 3.05) is 32.7 Å². The molecule has 4 rings (SSSR count). The summed E-state index contributed by atoms with van der Waals surface area (Å²) in [5.41, 5.74) is 2.04. The van der Waals surface area contributed by atoms with Crippen molar-refractivity contribution in [3.05, 3.63) is 29.8 Å².